The van der Waals surface area contributed by atoms with Crippen LogP contribution in [0.2, 0.25) is 5.02 Å². The van der Waals surface area contributed by atoms with E-state index < -0.39 is 5.91 Å². The fourth-order valence-corrected chi connectivity index (χ4v) is 3.83. The number of aromatic nitrogens is 2. The summed E-state index contributed by atoms with van der Waals surface area (Å²) < 4.78 is 5.10. The minimum Gasteiger partial charge on any atom is -0.480 e. The lowest BCUT2D eigenvalue weighted by atomic mass is 10.0. The van der Waals surface area contributed by atoms with Crippen LogP contribution in [0.4, 0.5) is 11.5 Å². The van der Waals surface area contributed by atoms with Gasteiger partial charge >= 0.3 is 0 Å². The molecule has 2 aromatic heterocycles. The summed E-state index contributed by atoms with van der Waals surface area (Å²) in [7, 11) is 1.54. The van der Waals surface area contributed by atoms with Crippen molar-refractivity contribution < 1.29 is 9.53 Å². The SMILES string of the molecule is COc1ncc(Cc2ccnc(N3CCc4c(C(N)=O)cccc43)c2)cc1Cl. The monoisotopic (exact) mass is 394 g/mol. The van der Waals surface area contributed by atoms with Crippen LogP contribution in [-0.4, -0.2) is 29.5 Å². The van der Waals surface area contributed by atoms with Crippen LogP contribution >= 0.6 is 11.6 Å². The van der Waals surface area contributed by atoms with E-state index in [0.717, 1.165) is 41.2 Å². The molecule has 1 aliphatic heterocycles. The second kappa shape index (κ2) is 7.48. The average molecular weight is 395 g/mol. The molecular formula is C21H19ClN4O2. The Hall–Kier alpha value is -3.12. The second-order valence-corrected chi connectivity index (χ2v) is 7.01. The zero-order valence-corrected chi connectivity index (χ0v) is 16.1. The molecule has 0 atom stereocenters. The van der Waals surface area contributed by atoms with Crippen molar-refractivity contribution in [2.75, 3.05) is 18.6 Å². The highest BCUT2D eigenvalue weighted by Gasteiger charge is 2.25. The van der Waals surface area contributed by atoms with Crippen molar-refractivity contribution in [3.8, 4) is 5.88 Å². The summed E-state index contributed by atoms with van der Waals surface area (Å²) in [5.74, 6) is 0.856. The van der Waals surface area contributed by atoms with Crippen LogP contribution in [0.5, 0.6) is 5.88 Å². The molecule has 0 spiro atoms. The Balaban J connectivity index is 1.62. The molecule has 28 heavy (non-hydrogen) atoms. The molecule has 1 amide bonds. The zero-order chi connectivity index (χ0) is 19.7. The Morgan fingerprint density at radius 1 is 1.25 bits per heavy atom. The molecule has 0 saturated heterocycles. The van der Waals surface area contributed by atoms with E-state index in [2.05, 4.69) is 14.9 Å². The second-order valence-electron chi connectivity index (χ2n) is 6.60. The molecule has 0 unspecified atom stereocenters. The van der Waals surface area contributed by atoms with Crippen LogP contribution in [0, 0.1) is 0 Å². The quantitative estimate of drug-likeness (QED) is 0.716. The number of fused-ring (bicyclic) bond motifs is 1. The fourth-order valence-electron chi connectivity index (χ4n) is 3.57. The summed E-state index contributed by atoms with van der Waals surface area (Å²) in [4.78, 5) is 22.6. The summed E-state index contributed by atoms with van der Waals surface area (Å²) in [5.41, 5.74) is 10.1. The largest absolute Gasteiger partial charge is 0.480 e. The van der Waals surface area contributed by atoms with Crippen LogP contribution in [0.3, 0.4) is 0 Å². The number of methoxy groups -OCH3 is 1. The fraction of sp³-hybridized carbons (Fsp3) is 0.190. The minimum absolute atomic E-state index is 0.399. The number of primary amides is 1. The van der Waals surface area contributed by atoms with Crippen LogP contribution in [0.15, 0.2) is 48.8 Å². The van der Waals surface area contributed by atoms with Crippen molar-refractivity contribution >= 4 is 29.0 Å². The first-order valence-electron chi connectivity index (χ1n) is 8.89. The number of hydrogen-bond donors (Lipinski definition) is 1. The number of carbonyl (C=O) groups excluding carboxylic acids is 1. The van der Waals surface area contributed by atoms with Crippen molar-refractivity contribution in [1.29, 1.82) is 0 Å². The first kappa shape index (κ1) is 18.3. The highest BCUT2D eigenvalue weighted by atomic mass is 35.5. The van der Waals surface area contributed by atoms with Crippen LogP contribution in [0.1, 0.15) is 27.0 Å². The van der Waals surface area contributed by atoms with Gasteiger partial charge in [-0.25, -0.2) is 9.97 Å². The van der Waals surface area contributed by atoms with Crippen molar-refractivity contribution in [1.82, 2.24) is 9.97 Å². The number of nitrogens with zero attached hydrogens (tertiary/aromatic N) is 3. The number of pyridine rings is 2. The highest BCUT2D eigenvalue weighted by Crippen LogP contribution is 2.35. The first-order valence-corrected chi connectivity index (χ1v) is 9.27. The van der Waals surface area contributed by atoms with Gasteiger partial charge in [-0.2, -0.15) is 0 Å². The van der Waals surface area contributed by atoms with E-state index in [-0.39, 0.29) is 0 Å². The number of nitrogens with two attached hydrogens (primary N) is 1. The van der Waals surface area contributed by atoms with Gasteiger partial charge in [-0.15, -0.1) is 0 Å². The third-order valence-electron chi connectivity index (χ3n) is 4.85. The van der Waals surface area contributed by atoms with E-state index in [1.54, 1.807) is 25.6 Å². The lowest BCUT2D eigenvalue weighted by Crippen LogP contribution is -2.15. The van der Waals surface area contributed by atoms with Gasteiger partial charge < -0.3 is 15.4 Å². The number of ether oxygens (including phenoxy) is 1. The van der Waals surface area contributed by atoms with Crippen molar-refractivity contribution in [2.45, 2.75) is 12.8 Å². The minimum atomic E-state index is -0.399. The van der Waals surface area contributed by atoms with Crippen LogP contribution in [0.25, 0.3) is 0 Å². The molecule has 0 saturated carbocycles. The van der Waals surface area contributed by atoms with E-state index in [1.807, 2.05) is 30.3 Å². The molecule has 2 N–H and O–H groups in total. The number of rotatable bonds is 5. The third kappa shape index (κ3) is 3.39. The Bertz CT molecular complexity index is 1050. The van der Waals surface area contributed by atoms with E-state index in [0.29, 0.717) is 22.9 Å². The number of carbonyl (C=O) groups is 1. The number of halogens is 1. The Morgan fingerprint density at radius 3 is 2.86 bits per heavy atom. The van der Waals surface area contributed by atoms with Crippen LogP contribution in [-0.2, 0) is 12.8 Å². The molecule has 6 nitrogen and oxygen atoms in total. The van der Waals surface area contributed by atoms with Gasteiger partial charge in [-0.1, -0.05) is 17.7 Å². The summed E-state index contributed by atoms with van der Waals surface area (Å²) in [6, 6.07) is 11.5. The lowest BCUT2D eigenvalue weighted by Gasteiger charge is -2.19. The maximum absolute atomic E-state index is 11.7. The van der Waals surface area contributed by atoms with E-state index in [9.17, 15) is 4.79 Å². The standard InChI is InChI=1S/C21H19ClN4O2/c1-28-21-17(22)10-14(12-25-21)9-13-5-7-24-19(11-13)26-8-6-15-16(20(23)27)3-2-4-18(15)26/h2-5,7,10-12H,6,8-9H2,1H3,(H2,23,27). The molecule has 0 radical (unpaired) electrons. The smallest absolute Gasteiger partial charge is 0.249 e. The van der Waals surface area contributed by atoms with Gasteiger partial charge in [-0.3, -0.25) is 4.79 Å². The summed E-state index contributed by atoms with van der Waals surface area (Å²) in [6.45, 7) is 0.756. The highest BCUT2D eigenvalue weighted by molar-refractivity contribution is 6.31. The Kier molecular flexibility index (Phi) is 4.88. The molecule has 1 aliphatic rings. The van der Waals surface area contributed by atoms with Gasteiger partial charge in [0.1, 0.15) is 10.8 Å². The molecule has 0 aliphatic carbocycles. The number of anilines is 2. The molecule has 0 bridgehead atoms. The van der Waals surface area contributed by atoms with Gasteiger partial charge in [0.2, 0.25) is 11.8 Å². The number of amides is 1. The van der Waals surface area contributed by atoms with Gasteiger partial charge in [0.15, 0.2) is 0 Å². The van der Waals surface area contributed by atoms with Gasteiger partial charge in [-0.05, 0) is 59.9 Å². The number of hydrogen-bond acceptors (Lipinski definition) is 5. The van der Waals surface area contributed by atoms with E-state index >= 15 is 0 Å². The van der Waals surface area contributed by atoms with Crippen molar-refractivity contribution in [3.05, 3.63) is 76.1 Å². The van der Waals surface area contributed by atoms with Crippen LogP contribution < -0.4 is 15.4 Å². The molecule has 0 fully saturated rings. The molecule has 4 rings (SSSR count). The van der Waals surface area contributed by atoms with E-state index in [1.165, 1.54) is 0 Å². The maximum Gasteiger partial charge on any atom is 0.249 e. The summed E-state index contributed by atoms with van der Waals surface area (Å²) >= 11 is 6.18. The predicted molar refractivity (Wildman–Crippen MR) is 109 cm³/mol. The average Bonchev–Trinajstić information content (AvgIpc) is 3.12. The molecule has 3 heterocycles. The molecule has 7 heteroatoms. The van der Waals surface area contributed by atoms with Gasteiger partial charge in [0.05, 0.1) is 7.11 Å². The number of benzene rings is 1. The molecule has 3 aromatic rings. The molecule has 142 valence electrons. The van der Waals surface area contributed by atoms with E-state index in [4.69, 9.17) is 22.1 Å². The summed E-state index contributed by atoms with van der Waals surface area (Å²) in [6.07, 6.45) is 4.99. The summed E-state index contributed by atoms with van der Waals surface area (Å²) in [5, 5.41) is 0.488. The van der Waals surface area contributed by atoms with Gasteiger partial charge in [0.25, 0.3) is 0 Å². The molecular weight excluding hydrogens is 376 g/mol. The van der Waals surface area contributed by atoms with Crippen molar-refractivity contribution in [3.63, 3.8) is 0 Å². The first-order chi connectivity index (χ1) is 13.6. The molecule has 1 aromatic carbocycles. The lowest BCUT2D eigenvalue weighted by molar-refractivity contribution is 0.0999. The zero-order valence-electron chi connectivity index (χ0n) is 15.4. The topological polar surface area (TPSA) is 81.3 Å². The maximum atomic E-state index is 11.7. The van der Waals surface area contributed by atoms with Crippen molar-refractivity contribution in [2.24, 2.45) is 5.73 Å². The Morgan fingerprint density at radius 2 is 2.11 bits per heavy atom. The van der Waals surface area contributed by atoms with Gasteiger partial charge in [0, 0.05) is 30.2 Å². The Labute approximate surface area is 167 Å². The third-order valence-corrected chi connectivity index (χ3v) is 5.12. The predicted octanol–water partition coefficient (Wildman–Crippen LogP) is 3.52. The normalized spacial score (nSPS) is 12.7.